The molecular formula is C13H14N2O4. The second-order valence-electron chi connectivity index (χ2n) is 4.42. The normalized spacial score (nSPS) is 18.8. The summed E-state index contributed by atoms with van der Waals surface area (Å²) >= 11 is 0. The molecule has 6 nitrogen and oxygen atoms in total. The van der Waals surface area contributed by atoms with Crippen molar-refractivity contribution in [2.75, 3.05) is 5.32 Å². The van der Waals surface area contributed by atoms with E-state index in [2.05, 4.69) is 10.6 Å². The highest BCUT2D eigenvalue weighted by atomic mass is 16.4. The number of piperidine rings is 1. The van der Waals surface area contributed by atoms with Crippen LogP contribution in [0.4, 0.5) is 5.69 Å². The Bertz CT molecular complexity index is 527. The number of anilines is 1. The van der Waals surface area contributed by atoms with Gasteiger partial charge in [-0.25, -0.2) is 0 Å². The molecule has 0 saturated carbocycles. The summed E-state index contributed by atoms with van der Waals surface area (Å²) in [6, 6.07) is 6.43. The molecule has 1 heterocycles. The first-order valence-corrected chi connectivity index (χ1v) is 5.95. The third-order valence-corrected chi connectivity index (χ3v) is 2.86. The summed E-state index contributed by atoms with van der Waals surface area (Å²) < 4.78 is 0. The van der Waals surface area contributed by atoms with Gasteiger partial charge in [0.25, 0.3) is 0 Å². The molecule has 3 N–H and O–H groups in total. The number of benzene rings is 1. The number of carbonyl (C=O) groups excluding carboxylic acids is 2. The molecule has 0 radical (unpaired) electrons. The molecule has 19 heavy (non-hydrogen) atoms. The lowest BCUT2D eigenvalue weighted by atomic mass is 10.1. The van der Waals surface area contributed by atoms with Crippen molar-refractivity contribution in [1.29, 1.82) is 0 Å². The Kier molecular flexibility index (Phi) is 3.79. The fourth-order valence-corrected chi connectivity index (χ4v) is 1.98. The lowest BCUT2D eigenvalue weighted by molar-refractivity contribution is -0.136. The van der Waals surface area contributed by atoms with Crippen LogP contribution in [0.2, 0.25) is 0 Å². The summed E-state index contributed by atoms with van der Waals surface area (Å²) in [4.78, 5) is 33.2. The van der Waals surface area contributed by atoms with E-state index in [1.54, 1.807) is 24.3 Å². The van der Waals surface area contributed by atoms with Crippen molar-refractivity contribution in [3.63, 3.8) is 0 Å². The van der Waals surface area contributed by atoms with Gasteiger partial charge in [-0.3, -0.25) is 19.7 Å². The third kappa shape index (κ3) is 3.54. The molecule has 1 aliphatic heterocycles. The first-order chi connectivity index (χ1) is 9.04. The average molecular weight is 262 g/mol. The zero-order valence-electron chi connectivity index (χ0n) is 10.2. The highest BCUT2D eigenvalue weighted by molar-refractivity contribution is 6.01. The Balaban J connectivity index is 2.04. The van der Waals surface area contributed by atoms with Gasteiger partial charge in [0.15, 0.2) is 0 Å². The molecule has 0 aliphatic carbocycles. The van der Waals surface area contributed by atoms with Crippen molar-refractivity contribution in [2.45, 2.75) is 25.3 Å². The van der Waals surface area contributed by atoms with Gasteiger partial charge in [-0.1, -0.05) is 12.1 Å². The Labute approximate surface area is 109 Å². The van der Waals surface area contributed by atoms with E-state index in [0.717, 1.165) is 0 Å². The monoisotopic (exact) mass is 262 g/mol. The van der Waals surface area contributed by atoms with Gasteiger partial charge in [-0.2, -0.15) is 0 Å². The van der Waals surface area contributed by atoms with Gasteiger partial charge in [0.1, 0.15) is 6.04 Å². The fourth-order valence-electron chi connectivity index (χ4n) is 1.98. The second-order valence-corrected chi connectivity index (χ2v) is 4.42. The predicted octanol–water partition coefficient (Wildman–Crippen LogP) is 0.531. The zero-order chi connectivity index (χ0) is 13.8. The van der Waals surface area contributed by atoms with E-state index in [-0.39, 0.29) is 18.2 Å². The van der Waals surface area contributed by atoms with E-state index < -0.39 is 12.0 Å². The molecular weight excluding hydrogens is 248 g/mol. The molecule has 1 fully saturated rings. The van der Waals surface area contributed by atoms with Crippen molar-refractivity contribution < 1.29 is 19.5 Å². The Hall–Kier alpha value is -2.37. The highest BCUT2D eigenvalue weighted by Gasteiger charge is 2.26. The van der Waals surface area contributed by atoms with Crippen molar-refractivity contribution >= 4 is 23.5 Å². The van der Waals surface area contributed by atoms with Crippen LogP contribution >= 0.6 is 0 Å². The number of carbonyl (C=O) groups is 3. The van der Waals surface area contributed by atoms with Crippen LogP contribution in [-0.2, 0) is 20.8 Å². The van der Waals surface area contributed by atoms with Crippen molar-refractivity contribution in [3.05, 3.63) is 29.8 Å². The topological polar surface area (TPSA) is 95.5 Å². The largest absolute Gasteiger partial charge is 0.481 e. The minimum absolute atomic E-state index is 0.0646. The number of hydrogen-bond donors (Lipinski definition) is 3. The number of hydrogen-bond acceptors (Lipinski definition) is 4. The highest BCUT2D eigenvalue weighted by Crippen LogP contribution is 2.15. The van der Waals surface area contributed by atoms with Crippen LogP contribution in [0.15, 0.2) is 24.3 Å². The van der Waals surface area contributed by atoms with Crippen LogP contribution < -0.4 is 10.6 Å². The number of nitrogens with one attached hydrogen (secondary N) is 2. The molecule has 2 amide bonds. The number of amides is 2. The average Bonchev–Trinajstić information content (AvgIpc) is 2.32. The summed E-state index contributed by atoms with van der Waals surface area (Å²) in [5, 5.41) is 14.0. The van der Waals surface area contributed by atoms with Crippen LogP contribution in [0.1, 0.15) is 18.4 Å². The molecule has 1 aliphatic rings. The summed E-state index contributed by atoms with van der Waals surface area (Å²) in [5.74, 6) is -1.51. The number of aliphatic carboxylic acids is 1. The fraction of sp³-hybridized carbons (Fsp3) is 0.308. The second kappa shape index (κ2) is 5.51. The first kappa shape index (κ1) is 13.1. The van der Waals surface area contributed by atoms with Gasteiger partial charge in [0, 0.05) is 12.1 Å². The smallest absolute Gasteiger partial charge is 0.307 e. The minimum Gasteiger partial charge on any atom is -0.481 e. The zero-order valence-corrected chi connectivity index (χ0v) is 10.2. The van der Waals surface area contributed by atoms with Gasteiger partial charge < -0.3 is 10.4 Å². The molecule has 1 aromatic carbocycles. The summed E-state index contributed by atoms with van der Waals surface area (Å²) in [6.07, 6.45) is 0.677. The van der Waals surface area contributed by atoms with Gasteiger partial charge in [-0.15, -0.1) is 0 Å². The van der Waals surface area contributed by atoms with Gasteiger partial charge in [-0.05, 0) is 24.1 Å². The molecule has 0 aromatic heterocycles. The number of carboxylic acid groups (broad SMARTS) is 1. The van der Waals surface area contributed by atoms with E-state index in [9.17, 15) is 14.4 Å². The third-order valence-electron chi connectivity index (χ3n) is 2.86. The first-order valence-electron chi connectivity index (χ1n) is 5.95. The maximum Gasteiger partial charge on any atom is 0.307 e. The van der Waals surface area contributed by atoms with Crippen LogP contribution in [0, 0.1) is 0 Å². The lowest BCUT2D eigenvalue weighted by Crippen LogP contribution is -2.47. The van der Waals surface area contributed by atoms with Crippen LogP contribution in [-0.4, -0.2) is 28.9 Å². The van der Waals surface area contributed by atoms with E-state index in [0.29, 0.717) is 24.1 Å². The maximum atomic E-state index is 11.6. The summed E-state index contributed by atoms with van der Waals surface area (Å²) in [6.45, 7) is 0. The predicted molar refractivity (Wildman–Crippen MR) is 67.6 cm³/mol. The minimum atomic E-state index is -0.904. The van der Waals surface area contributed by atoms with Crippen LogP contribution in [0.3, 0.4) is 0 Å². The molecule has 1 unspecified atom stereocenters. The Morgan fingerprint density at radius 2 is 2.21 bits per heavy atom. The van der Waals surface area contributed by atoms with Crippen molar-refractivity contribution in [3.8, 4) is 0 Å². The van der Waals surface area contributed by atoms with Gasteiger partial charge in [0.2, 0.25) is 11.8 Å². The van der Waals surface area contributed by atoms with Gasteiger partial charge in [0.05, 0.1) is 6.42 Å². The van der Waals surface area contributed by atoms with Crippen molar-refractivity contribution in [1.82, 2.24) is 5.32 Å². The quantitative estimate of drug-likeness (QED) is 0.688. The summed E-state index contributed by atoms with van der Waals surface area (Å²) in [5.41, 5.74) is 1.33. The molecule has 6 heteroatoms. The van der Waals surface area contributed by atoms with E-state index in [1.807, 2.05) is 0 Å². The molecule has 1 aromatic rings. The van der Waals surface area contributed by atoms with Gasteiger partial charge >= 0.3 is 5.97 Å². The standard InChI is InChI=1S/C13H14N2O4/c16-11-5-4-10(13(19)15-11)14-9-3-1-2-8(6-9)7-12(17)18/h1-3,6,10,14H,4-5,7H2,(H,17,18)(H,15,16,19). The SMILES string of the molecule is O=C(O)Cc1cccc(NC2CCC(=O)NC2=O)c1. The van der Waals surface area contributed by atoms with Crippen molar-refractivity contribution in [2.24, 2.45) is 0 Å². The number of carboxylic acids is 1. The Morgan fingerprint density at radius 3 is 2.89 bits per heavy atom. The molecule has 0 spiro atoms. The molecule has 100 valence electrons. The number of imide groups is 1. The molecule has 0 bridgehead atoms. The molecule has 2 rings (SSSR count). The van der Waals surface area contributed by atoms with E-state index in [4.69, 9.17) is 5.11 Å². The summed E-state index contributed by atoms with van der Waals surface area (Å²) in [7, 11) is 0. The van der Waals surface area contributed by atoms with E-state index >= 15 is 0 Å². The number of rotatable bonds is 4. The Morgan fingerprint density at radius 1 is 1.42 bits per heavy atom. The molecule has 1 saturated heterocycles. The van der Waals surface area contributed by atoms with Crippen LogP contribution in [0.5, 0.6) is 0 Å². The maximum absolute atomic E-state index is 11.6. The lowest BCUT2D eigenvalue weighted by Gasteiger charge is -2.22. The van der Waals surface area contributed by atoms with E-state index in [1.165, 1.54) is 0 Å². The molecule has 1 atom stereocenters. The van der Waals surface area contributed by atoms with Crippen LogP contribution in [0.25, 0.3) is 0 Å².